The van der Waals surface area contributed by atoms with E-state index in [0.717, 1.165) is 6.08 Å². The highest BCUT2D eigenvalue weighted by Gasteiger charge is 2.20. The van der Waals surface area contributed by atoms with Gasteiger partial charge in [0.2, 0.25) is 0 Å². The monoisotopic (exact) mass is 128 g/mol. The summed E-state index contributed by atoms with van der Waals surface area (Å²) in [5.41, 5.74) is 0. The molecule has 1 aliphatic heterocycles. The summed E-state index contributed by atoms with van der Waals surface area (Å²) in [6.45, 7) is 0. The van der Waals surface area contributed by atoms with E-state index in [1.807, 2.05) is 0 Å². The number of aliphatic imine (C=N–C) groups is 1. The third-order valence-corrected chi connectivity index (χ3v) is 0.811. The molecule has 0 aromatic rings. The van der Waals surface area contributed by atoms with Gasteiger partial charge in [0.25, 0.3) is 5.92 Å². The number of halogens is 2. The van der Waals surface area contributed by atoms with Gasteiger partial charge in [-0.2, -0.15) is 8.78 Å². The van der Waals surface area contributed by atoms with Crippen LogP contribution in [0.1, 0.15) is 0 Å². The molecule has 1 aliphatic rings. The first kappa shape index (κ1) is 6.13. The van der Waals surface area contributed by atoms with Crippen molar-refractivity contribution in [1.29, 1.82) is 0 Å². The van der Waals surface area contributed by atoms with Gasteiger partial charge < -0.3 is 0 Å². The number of allylic oxidation sites excluding steroid dienone is 3. The van der Waals surface area contributed by atoms with Gasteiger partial charge in [0.1, 0.15) is 0 Å². The van der Waals surface area contributed by atoms with Crippen molar-refractivity contribution in [2.45, 2.75) is 5.92 Å². The molecule has 0 amide bonds. The lowest BCUT2D eigenvalue weighted by Crippen LogP contribution is -2.05. The van der Waals surface area contributed by atoms with Crippen LogP contribution in [0.3, 0.4) is 0 Å². The molecule has 0 fully saturated rings. The maximum Gasteiger partial charge on any atom is 0.287 e. The third kappa shape index (κ3) is 1.76. The smallest absolute Gasteiger partial charge is 0.255 e. The van der Waals surface area contributed by atoms with Crippen molar-refractivity contribution in [2.75, 3.05) is 0 Å². The van der Waals surface area contributed by atoms with Crippen LogP contribution in [-0.4, -0.2) is 12.1 Å². The summed E-state index contributed by atoms with van der Waals surface area (Å²) in [5, 5.41) is 0. The van der Waals surface area contributed by atoms with Crippen molar-refractivity contribution in [2.24, 2.45) is 4.99 Å². The van der Waals surface area contributed by atoms with Crippen LogP contribution in [0, 0.1) is 6.20 Å². The maximum absolute atomic E-state index is 12.2. The van der Waals surface area contributed by atoms with Crippen molar-refractivity contribution >= 4 is 6.21 Å². The lowest BCUT2D eigenvalue weighted by molar-refractivity contribution is 0.111. The van der Waals surface area contributed by atoms with Crippen LogP contribution in [0.15, 0.2) is 23.2 Å². The molecular formula is C6H4F2N. The molecule has 0 spiro atoms. The van der Waals surface area contributed by atoms with Crippen LogP contribution < -0.4 is 0 Å². The Kier molecular flexibility index (Phi) is 1.42. The molecule has 0 N–H and O–H groups in total. The highest BCUT2D eigenvalue weighted by atomic mass is 19.3. The van der Waals surface area contributed by atoms with Crippen LogP contribution in [0.5, 0.6) is 0 Å². The Balaban J connectivity index is 2.82. The minimum atomic E-state index is -2.88. The summed E-state index contributed by atoms with van der Waals surface area (Å²) in [6.07, 6.45) is 5.90. The first-order valence-electron chi connectivity index (χ1n) is 2.39. The lowest BCUT2D eigenvalue weighted by Gasteiger charge is -2.00. The average Bonchev–Trinajstić information content (AvgIpc) is 1.92. The second-order valence-corrected chi connectivity index (χ2v) is 1.59. The van der Waals surface area contributed by atoms with Crippen molar-refractivity contribution in [1.82, 2.24) is 0 Å². The molecule has 0 saturated carbocycles. The van der Waals surface area contributed by atoms with Gasteiger partial charge in [-0.1, -0.05) is 0 Å². The zero-order chi connectivity index (χ0) is 6.74. The number of hydrogen-bond acceptors (Lipinski definition) is 1. The van der Waals surface area contributed by atoms with Crippen molar-refractivity contribution in [3.63, 3.8) is 0 Å². The lowest BCUT2D eigenvalue weighted by atomic mass is 10.3. The Bertz CT molecular complexity index is 161. The molecule has 3 heteroatoms. The summed E-state index contributed by atoms with van der Waals surface area (Å²) < 4.78 is 24.4. The highest BCUT2D eigenvalue weighted by Crippen LogP contribution is 2.17. The Hall–Kier alpha value is -0.990. The zero-order valence-electron chi connectivity index (χ0n) is 4.51. The van der Waals surface area contributed by atoms with E-state index in [0.29, 0.717) is 6.08 Å². The van der Waals surface area contributed by atoms with Crippen LogP contribution >= 0.6 is 0 Å². The predicted molar refractivity (Wildman–Crippen MR) is 30.4 cm³/mol. The van der Waals surface area contributed by atoms with E-state index in [-0.39, 0.29) is 0 Å². The maximum atomic E-state index is 12.2. The quantitative estimate of drug-likeness (QED) is 0.469. The molecule has 9 heavy (non-hydrogen) atoms. The van der Waals surface area contributed by atoms with Gasteiger partial charge in [0.05, 0.1) is 6.20 Å². The van der Waals surface area contributed by atoms with Gasteiger partial charge in [0, 0.05) is 12.3 Å². The van der Waals surface area contributed by atoms with Crippen molar-refractivity contribution in [3.05, 3.63) is 24.4 Å². The Morgan fingerprint density at radius 1 is 1.44 bits per heavy atom. The molecule has 0 saturated heterocycles. The van der Waals surface area contributed by atoms with Gasteiger partial charge in [-0.25, -0.2) is 0 Å². The van der Waals surface area contributed by atoms with E-state index < -0.39 is 5.92 Å². The summed E-state index contributed by atoms with van der Waals surface area (Å²) in [5.74, 6) is -2.88. The van der Waals surface area contributed by atoms with E-state index >= 15 is 0 Å². The summed E-state index contributed by atoms with van der Waals surface area (Å²) in [6, 6.07) is 0. The number of nitrogens with zero attached hydrogens (tertiary/aromatic N) is 1. The average molecular weight is 128 g/mol. The van der Waals surface area contributed by atoms with Crippen molar-refractivity contribution < 1.29 is 8.78 Å². The van der Waals surface area contributed by atoms with E-state index in [4.69, 9.17) is 0 Å². The van der Waals surface area contributed by atoms with Gasteiger partial charge in [-0.05, 0) is 12.2 Å². The third-order valence-electron chi connectivity index (χ3n) is 0.811. The molecule has 0 atom stereocenters. The topological polar surface area (TPSA) is 12.4 Å². The molecule has 0 aliphatic carbocycles. The zero-order valence-corrected chi connectivity index (χ0v) is 4.51. The van der Waals surface area contributed by atoms with Gasteiger partial charge >= 0.3 is 0 Å². The van der Waals surface area contributed by atoms with Crippen LogP contribution in [-0.2, 0) is 0 Å². The Labute approximate surface area is 51.4 Å². The number of hydrogen-bond donors (Lipinski definition) is 0. The molecule has 1 nitrogen and oxygen atoms in total. The summed E-state index contributed by atoms with van der Waals surface area (Å²) >= 11 is 0. The predicted octanol–water partition coefficient (Wildman–Crippen LogP) is 1.58. The Morgan fingerprint density at radius 3 is 3.00 bits per heavy atom. The van der Waals surface area contributed by atoms with Gasteiger partial charge in [-0.15, -0.1) is 0 Å². The first-order valence-corrected chi connectivity index (χ1v) is 2.39. The van der Waals surface area contributed by atoms with E-state index in [1.54, 1.807) is 0 Å². The fourth-order valence-corrected chi connectivity index (χ4v) is 0.429. The SMILES string of the molecule is FC1(F)C=[C]N=CC=C1. The van der Waals surface area contributed by atoms with E-state index in [2.05, 4.69) is 11.2 Å². The molecule has 0 bridgehead atoms. The Morgan fingerprint density at radius 2 is 2.22 bits per heavy atom. The molecular weight excluding hydrogens is 124 g/mol. The largest absolute Gasteiger partial charge is 0.287 e. The van der Waals surface area contributed by atoms with Crippen LogP contribution in [0.25, 0.3) is 0 Å². The number of rotatable bonds is 0. The molecule has 0 aromatic carbocycles. The molecule has 0 aromatic heterocycles. The second kappa shape index (κ2) is 2.09. The van der Waals surface area contributed by atoms with Gasteiger partial charge in [0.15, 0.2) is 0 Å². The minimum absolute atomic E-state index is 0.618. The highest BCUT2D eigenvalue weighted by molar-refractivity contribution is 5.72. The molecule has 1 radical (unpaired) electrons. The van der Waals surface area contributed by atoms with Crippen LogP contribution in [0.4, 0.5) is 8.78 Å². The minimum Gasteiger partial charge on any atom is -0.255 e. The first-order chi connectivity index (χ1) is 4.21. The standard InChI is InChI=1S/C6H4F2N/c7-6(8)2-1-4-9-5-3-6/h1-4H. The van der Waals surface area contributed by atoms with Crippen molar-refractivity contribution in [3.8, 4) is 0 Å². The van der Waals surface area contributed by atoms with E-state index in [9.17, 15) is 8.78 Å². The van der Waals surface area contributed by atoms with E-state index in [1.165, 1.54) is 12.3 Å². The van der Waals surface area contributed by atoms with Crippen LogP contribution in [0.2, 0.25) is 0 Å². The molecule has 47 valence electrons. The molecule has 1 rings (SSSR count). The van der Waals surface area contributed by atoms with Gasteiger partial charge in [-0.3, -0.25) is 4.99 Å². The number of alkyl halides is 2. The fraction of sp³-hybridized carbons (Fsp3) is 0.167. The summed E-state index contributed by atoms with van der Waals surface area (Å²) in [7, 11) is 0. The molecule has 0 unspecified atom stereocenters. The normalized spacial score (nSPS) is 22.0. The fourth-order valence-electron chi connectivity index (χ4n) is 0.429. The second-order valence-electron chi connectivity index (χ2n) is 1.59. The molecule has 1 heterocycles. The summed E-state index contributed by atoms with van der Waals surface area (Å²) in [4.78, 5) is 3.37.